The van der Waals surface area contributed by atoms with Crippen LogP contribution < -0.4 is 5.32 Å². The molecular weight excluding hydrogens is 258 g/mol. The van der Waals surface area contributed by atoms with Gasteiger partial charge in [0.2, 0.25) is 5.91 Å². The van der Waals surface area contributed by atoms with Crippen LogP contribution in [-0.2, 0) is 17.9 Å². The predicted octanol–water partition coefficient (Wildman–Crippen LogP) is 1.21. The molecule has 6 heteroatoms. The molecule has 0 aliphatic carbocycles. The van der Waals surface area contributed by atoms with Crippen molar-refractivity contribution in [2.75, 3.05) is 0 Å². The van der Waals surface area contributed by atoms with E-state index in [2.05, 4.69) is 10.3 Å². The number of aryl methyl sites for hydroxylation is 1. The molecule has 1 amide bonds. The summed E-state index contributed by atoms with van der Waals surface area (Å²) in [6.45, 7) is 2.30. The van der Waals surface area contributed by atoms with Gasteiger partial charge in [0.1, 0.15) is 12.2 Å². The Labute approximate surface area is 116 Å². The molecule has 0 aliphatic heterocycles. The van der Waals surface area contributed by atoms with Gasteiger partial charge in [0.15, 0.2) is 0 Å². The van der Waals surface area contributed by atoms with Crippen LogP contribution >= 0.6 is 0 Å². The van der Waals surface area contributed by atoms with Gasteiger partial charge < -0.3 is 15.0 Å². The van der Waals surface area contributed by atoms with E-state index in [9.17, 15) is 9.59 Å². The second kappa shape index (κ2) is 6.01. The summed E-state index contributed by atoms with van der Waals surface area (Å²) >= 11 is 0. The second-order valence-corrected chi connectivity index (χ2v) is 4.41. The molecule has 0 bridgehead atoms. The Kier molecular flexibility index (Phi) is 4.14. The zero-order valence-electron chi connectivity index (χ0n) is 11.0. The molecule has 0 fully saturated rings. The highest BCUT2D eigenvalue weighted by atomic mass is 16.4. The summed E-state index contributed by atoms with van der Waals surface area (Å²) in [4.78, 5) is 26.7. The first-order valence-corrected chi connectivity index (χ1v) is 6.12. The second-order valence-electron chi connectivity index (χ2n) is 4.41. The number of nitrogens with zero attached hydrogens (tertiary/aromatic N) is 2. The molecule has 2 rings (SSSR count). The zero-order chi connectivity index (χ0) is 14.5. The first-order valence-electron chi connectivity index (χ1n) is 6.12. The van der Waals surface area contributed by atoms with Crippen LogP contribution in [0.5, 0.6) is 0 Å². The molecular formula is C14H15N3O3. The summed E-state index contributed by atoms with van der Waals surface area (Å²) < 4.78 is 1.40. The lowest BCUT2D eigenvalue weighted by molar-refractivity contribution is -0.121. The number of carboxylic acid groups (broad SMARTS) is 1. The van der Waals surface area contributed by atoms with Gasteiger partial charge in [-0.1, -0.05) is 0 Å². The largest absolute Gasteiger partial charge is 0.477 e. The maximum absolute atomic E-state index is 11.8. The lowest BCUT2D eigenvalue weighted by atomic mass is 10.1. The van der Waals surface area contributed by atoms with Crippen LogP contribution in [0.4, 0.5) is 0 Å². The number of nitrogens with one attached hydrogen (secondary N) is 1. The first kappa shape index (κ1) is 13.8. The van der Waals surface area contributed by atoms with Crippen LogP contribution in [0.15, 0.2) is 36.8 Å². The SMILES string of the molecule is Cc1cnccc1CNC(=O)Cn1cccc1C(=O)O. The molecule has 2 aromatic rings. The van der Waals surface area contributed by atoms with Crippen molar-refractivity contribution in [3.63, 3.8) is 0 Å². The standard InChI is InChI=1S/C14H15N3O3/c1-10-7-15-5-4-11(10)8-16-13(18)9-17-6-2-3-12(17)14(19)20/h2-7H,8-9H2,1H3,(H,16,18)(H,19,20). The van der Waals surface area contributed by atoms with E-state index in [0.717, 1.165) is 11.1 Å². The van der Waals surface area contributed by atoms with Crippen molar-refractivity contribution in [3.05, 3.63) is 53.6 Å². The van der Waals surface area contributed by atoms with E-state index in [0.29, 0.717) is 6.54 Å². The van der Waals surface area contributed by atoms with Gasteiger partial charge in [0.25, 0.3) is 0 Å². The van der Waals surface area contributed by atoms with Crippen LogP contribution in [-0.4, -0.2) is 26.5 Å². The number of aromatic nitrogens is 2. The third-order valence-electron chi connectivity index (χ3n) is 2.98. The van der Waals surface area contributed by atoms with Crippen LogP contribution in [0, 0.1) is 6.92 Å². The highest BCUT2D eigenvalue weighted by molar-refractivity contribution is 5.86. The molecule has 6 nitrogen and oxygen atoms in total. The van der Waals surface area contributed by atoms with Gasteiger partial charge in [-0.3, -0.25) is 9.78 Å². The Morgan fingerprint density at radius 3 is 2.90 bits per heavy atom. The molecule has 2 aromatic heterocycles. The summed E-state index contributed by atoms with van der Waals surface area (Å²) in [5.74, 6) is -1.28. The number of hydrogen-bond donors (Lipinski definition) is 2. The fourth-order valence-electron chi connectivity index (χ4n) is 1.85. The molecule has 0 unspecified atom stereocenters. The lowest BCUT2D eigenvalue weighted by Crippen LogP contribution is -2.28. The van der Waals surface area contributed by atoms with Crippen molar-refractivity contribution in [1.29, 1.82) is 0 Å². The number of pyridine rings is 1. The number of carbonyl (C=O) groups is 2. The Balaban J connectivity index is 1.95. The molecule has 2 heterocycles. The van der Waals surface area contributed by atoms with Gasteiger partial charge in [-0.2, -0.15) is 0 Å². The minimum absolute atomic E-state index is 0.0151. The molecule has 0 saturated heterocycles. The minimum atomic E-state index is -1.05. The van der Waals surface area contributed by atoms with Crippen LogP contribution in [0.1, 0.15) is 21.6 Å². The third kappa shape index (κ3) is 3.23. The summed E-state index contributed by atoms with van der Waals surface area (Å²) in [7, 11) is 0. The van der Waals surface area contributed by atoms with E-state index in [1.54, 1.807) is 24.7 Å². The van der Waals surface area contributed by atoms with Gasteiger partial charge >= 0.3 is 5.97 Å². The Morgan fingerprint density at radius 2 is 2.20 bits per heavy atom. The maximum atomic E-state index is 11.8. The predicted molar refractivity (Wildman–Crippen MR) is 72.2 cm³/mol. The smallest absolute Gasteiger partial charge is 0.352 e. The van der Waals surface area contributed by atoms with E-state index in [4.69, 9.17) is 5.11 Å². The molecule has 0 aliphatic rings. The van der Waals surface area contributed by atoms with Crippen LogP contribution in [0.2, 0.25) is 0 Å². The average Bonchev–Trinajstić information content (AvgIpc) is 2.86. The Morgan fingerprint density at radius 1 is 1.40 bits per heavy atom. The normalized spacial score (nSPS) is 10.2. The topological polar surface area (TPSA) is 84.2 Å². The van der Waals surface area contributed by atoms with Crippen molar-refractivity contribution in [1.82, 2.24) is 14.9 Å². The molecule has 0 aromatic carbocycles. The molecule has 20 heavy (non-hydrogen) atoms. The Bertz CT molecular complexity index is 634. The number of rotatable bonds is 5. The van der Waals surface area contributed by atoms with Gasteiger partial charge in [0.05, 0.1) is 0 Å². The monoisotopic (exact) mass is 273 g/mol. The maximum Gasteiger partial charge on any atom is 0.352 e. The molecule has 2 N–H and O–H groups in total. The quantitative estimate of drug-likeness (QED) is 0.857. The van der Waals surface area contributed by atoms with Crippen molar-refractivity contribution < 1.29 is 14.7 Å². The Hall–Kier alpha value is -2.63. The van der Waals surface area contributed by atoms with E-state index in [-0.39, 0.29) is 18.1 Å². The molecule has 0 saturated carbocycles. The highest BCUT2D eigenvalue weighted by Gasteiger charge is 2.11. The fraction of sp³-hybridized carbons (Fsp3) is 0.214. The minimum Gasteiger partial charge on any atom is -0.477 e. The number of carboxylic acids is 1. The highest BCUT2D eigenvalue weighted by Crippen LogP contribution is 2.05. The van der Waals surface area contributed by atoms with Gasteiger partial charge in [-0.25, -0.2) is 4.79 Å². The fourth-order valence-corrected chi connectivity index (χ4v) is 1.85. The number of aromatic carboxylic acids is 1. The van der Waals surface area contributed by atoms with Crippen molar-refractivity contribution >= 4 is 11.9 Å². The van der Waals surface area contributed by atoms with Crippen molar-refractivity contribution in [2.24, 2.45) is 0 Å². The molecule has 0 spiro atoms. The molecule has 0 atom stereocenters. The van der Waals surface area contributed by atoms with E-state index < -0.39 is 5.97 Å². The number of hydrogen-bond acceptors (Lipinski definition) is 3. The zero-order valence-corrected chi connectivity index (χ0v) is 11.0. The average molecular weight is 273 g/mol. The lowest BCUT2D eigenvalue weighted by Gasteiger charge is -2.09. The number of amides is 1. The third-order valence-corrected chi connectivity index (χ3v) is 2.98. The van der Waals surface area contributed by atoms with Crippen LogP contribution in [0.3, 0.4) is 0 Å². The summed E-state index contributed by atoms with van der Waals surface area (Å²) in [5, 5.41) is 11.7. The van der Waals surface area contributed by atoms with E-state index in [1.165, 1.54) is 10.6 Å². The number of carbonyl (C=O) groups excluding carboxylic acids is 1. The molecule has 0 radical (unpaired) electrons. The van der Waals surface area contributed by atoms with Crippen molar-refractivity contribution in [3.8, 4) is 0 Å². The van der Waals surface area contributed by atoms with Gasteiger partial charge in [-0.05, 0) is 36.2 Å². The summed E-state index contributed by atoms with van der Waals surface area (Å²) in [6, 6.07) is 4.90. The van der Waals surface area contributed by atoms with E-state index >= 15 is 0 Å². The van der Waals surface area contributed by atoms with Gasteiger partial charge in [-0.15, -0.1) is 0 Å². The van der Waals surface area contributed by atoms with E-state index in [1.807, 2.05) is 13.0 Å². The summed E-state index contributed by atoms with van der Waals surface area (Å²) in [5.41, 5.74) is 2.08. The molecule has 104 valence electrons. The van der Waals surface area contributed by atoms with Gasteiger partial charge in [0, 0.05) is 25.1 Å². The summed E-state index contributed by atoms with van der Waals surface area (Å²) in [6.07, 6.45) is 4.97. The van der Waals surface area contributed by atoms with Crippen molar-refractivity contribution in [2.45, 2.75) is 20.0 Å². The first-order chi connectivity index (χ1) is 9.58. The van der Waals surface area contributed by atoms with Crippen LogP contribution in [0.25, 0.3) is 0 Å².